The van der Waals surface area contributed by atoms with Crippen molar-refractivity contribution in [3.63, 3.8) is 0 Å². The van der Waals surface area contributed by atoms with Crippen molar-refractivity contribution < 1.29 is 9.53 Å². The first-order valence-corrected chi connectivity index (χ1v) is 13.2. The second-order valence-corrected chi connectivity index (χ2v) is 9.80. The lowest BCUT2D eigenvalue weighted by Gasteiger charge is -2.26. The molecule has 1 aliphatic rings. The summed E-state index contributed by atoms with van der Waals surface area (Å²) in [6.07, 6.45) is 3.94. The molecule has 3 N–H and O–H groups in total. The summed E-state index contributed by atoms with van der Waals surface area (Å²) >= 11 is 0. The van der Waals surface area contributed by atoms with E-state index in [2.05, 4.69) is 55.2 Å². The summed E-state index contributed by atoms with van der Waals surface area (Å²) in [5, 5.41) is 19.1. The molecule has 2 amide bonds. The Morgan fingerprint density at radius 1 is 0.923 bits per heavy atom. The number of carbonyl (C=O) groups is 1. The summed E-state index contributed by atoms with van der Waals surface area (Å²) in [4.78, 5) is 14.8. The Kier molecular flexibility index (Phi) is 7.07. The molecule has 3 heterocycles. The first kappa shape index (κ1) is 24.8. The first-order valence-electron chi connectivity index (χ1n) is 13.2. The molecule has 0 unspecified atom stereocenters. The number of aromatic amines is 1. The molecule has 0 aliphatic carbocycles. The molecule has 1 saturated heterocycles. The number of carbonyl (C=O) groups excluding carboxylic acids is 1. The van der Waals surface area contributed by atoms with Crippen LogP contribution >= 0.6 is 0 Å². The Morgan fingerprint density at radius 3 is 2.54 bits per heavy atom. The lowest BCUT2D eigenvalue weighted by Crippen LogP contribution is -2.38. The van der Waals surface area contributed by atoms with Crippen molar-refractivity contribution in [1.82, 2.24) is 24.9 Å². The minimum Gasteiger partial charge on any atom is -0.379 e. The van der Waals surface area contributed by atoms with E-state index in [4.69, 9.17) is 4.74 Å². The van der Waals surface area contributed by atoms with Gasteiger partial charge in [-0.3, -0.25) is 14.7 Å². The van der Waals surface area contributed by atoms with Crippen LogP contribution in [0.5, 0.6) is 0 Å². The lowest BCUT2D eigenvalue weighted by molar-refractivity contribution is 0.0360. The fraction of sp³-hybridized carbons (Fsp3) is 0.233. The van der Waals surface area contributed by atoms with Gasteiger partial charge in [-0.25, -0.2) is 4.79 Å². The number of benzene rings is 3. The second kappa shape index (κ2) is 11.1. The van der Waals surface area contributed by atoms with E-state index in [9.17, 15) is 4.79 Å². The van der Waals surface area contributed by atoms with Crippen LogP contribution < -0.4 is 10.6 Å². The van der Waals surface area contributed by atoms with Gasteiger partial charge in [-0.15, -0.1) is 0 Å². The van der Waals surface area contributed by atoms with Crippen LogP contribution in [-0.2, 0) is 11.3 Å². The van der Waals surface area contributed by atoms with Crippen molar-refractivity contribution in [2.45, 2.75) is 13.5 Å². The van der Waals surface area contributed by atoms with E-state index in [0.29, 0.717) is 0 Å². The van der Waals surface area contributed by atoms with Crippen LogP contribution in [0.2, 0.25) is 0 Å². The molecule has 1 fully saturated rings. The number of aromatic nitrogens is 4. The fourth-order valence-corrected chi connectivity index (χ4v) is 4.86. The molecular weight excluding hydrogens is 490 g/mol. The summed E-state index contributed by atoms with van der Waals surface area (Å²) in [5.41, 5.74) is 7.54. The van der Waals surface area contributed by atoms with Crippen molar-refractivity contribution >= 4 is 28.3 Å². The number of H-pyrrole nitrogens is 1. The van der Waals surface area contributed by atoms with Gasteiger partial charge < -0.3 is 15.4 Å². The normalized spacial score (nSPS) is 14.0. The van der Waals surface area contributed by atoms with E-state index in [1.807, 2.05) is 66.3 Å². The molecule has 39 heavy (non-hydrogen) atoms. The van der Waals surface area contributed by atoms with E-state index < -0.39 is 0 Å². The predicted molar refractivity (Wildman–Crippen MR) is 154 cm³/mol. The van der Waals surface area contributed by atoms with Gasteiger partial charge >= 0.3 is 6.03 Å². The SMILES string of the molecule is Cc1cccc(NC(=O)Nc2ccc(-c3ccc4c(-c5cnn(CCN6CCOCC6)c5)n[nH]c4c3)cc2)c1. The zero-order chi connectivity index (χ0) is 26.6. The quantitative estimate of drug-likeness (QED) is 0.267. The third-order valence-corrected chi connectivity index (χ3v) is 6.97. The molecule has 2 aromatic heterocycles. The zero-order valence-corrected chi connectivity index (χ0v) is 21.9. The third-order valence-electron chi connectivity index (χ3n) is 6.97. The molecule has 0 atom stereocenters. The highest BCUT2D eigenvalue weighted by Gasteiger charge is 2.14. The smallest absolute Gasteiger partial charge is 0.323 e. The lowest BCUT2D eigenvalue weighted by atomic mass is 10.0. The average molecular weight is 522 g/mol. The number of nitrogens with one attached hydrogen (secondary N) is 3. The van der Waals surface area contributed by atoms with Crippen molar-refractivity contribution in [2.24, 2.45) is 0 Å². The van der Waals surface area contributed by atoms with Gasteiger partial charge in [0, 0.05) is 48.2 Å². The van der Waals surface area contributed by atoms with Gasteiger partial charge in [0.2, 0.25) is 0 Å². The van der Waals surface area contributed by atoms with Gasteiger partial charge in [0.25, 0.3) is 0 Å². The molecule has 1 aliphatic heterocycles. The maximum absolute atomic E-state index is 12.4. The van der Waals surface area contributed by atoms with Crippen molar-refractivity contribution in [3.8, 4) is 22.4 Å². The number of morpholine rings is 1. The number of ether oxygens (including phenoxy) is 1. The number of aryl methyl sites for hydroxylation is 1. The predicted octanol–water partition coefficient (Wildman–Crippen LogP) is 5.38. The van der Waals surface area contributed by atoms with E-state index in [1.54, 1.807) is 0 Å². The summed E-state index contributed by atoms with van der Waals surface area (Å²) in [5.74, 6) is 0. The van der Waals surface area contributed by atoms with Crippen LogP contribution in [0.25, 0.3) is 33.3 Å². The van der Waals surface area contributed by atoms with Crippen LogP contribution in [0.3, 0.4) is 0 Å². The number of rotatable bonds is 7. The van der Waals surface area contributed by atoms with Gasteiger partial charge in [-0.05, 0) is 60.0 Å². The van der Waals surface area contributed by atoms with E-state index >= 15 is 0 Å². The van der Waals surface area contributed by atoms with Gasteiger partial charge in [0.1, 0.15) is 5.69 Å². The summed E-state index contributed by atoms with van der Waals surface area (Å²) < 4.78 is 7.41. The second-order valence-electron chi connectivity index (χ2n) is 9.80. The van der Waals surface area contributed by atoms with Crippen LogP contribution in [0, 0.1) is 6.92 Å². The maximum Gasteiger partial charge on any atom is 0.323 e. The molecule has 0 radical (unpaired) electrons. The van der Waals surface area contributed by atoms with Gasteiger partial charge in [0.05, 0.1) is 31.5 Å². The molecule has 0 spiro atoms. The minimum absolute atomic E-state index is 0.274. The van der Waals surface area contributed by atoms with Crippen LogP contribution in [0.15, 0.2) is 79.1 Å². The fourth-order valence-electron chi connectivity index (χ4n) is 4.86. The van der Waals surface area contributed by atoms with Crippen molar-refractivity contribution in [1.29, 1.82) is 0 Å². The number of fused-ring (bicyclic) bond motifs is 1. The van der Waals surface area contributed by atoms with Crippen LogP contribution in [-0.4, -0.2) is 63.8 Å². The largest absolute Gasteiger partial charge is 0.379 e. The number of hydrogen-bond acceptors (Lipinski definition) is 5. The molecule has 9 nitrogen and oxygen atoms in total. The first-order chi connectivity index (χ1) is 19.1. The number of amides is 2. The Balaban J connectivity index is 1.11. The van der Waals surface area contributed by atoms with Crippen LogP contribution in [0.1, 0.15) is 5.56 Å². The highest BCUT2D eigenvalue weighted by Crippen LogP contribution is 2.30. The molecule has 6 rings (SSSR count). The molecule has 0 bridgehead atoms. The Hall–Kier alpha value is -4.47. The topological polar surface area (TPSA) is 100 Å². The summed E-state index contributed by atoms with van der Waals surface area (Å²) in [6, 6.07) is 21.5. The molecular formula is C30H31N7O2. The minimum atomic E-state index is -0.274. The van der Waals surface area contributed by atoms with Gasteiger partial charge in [-0.2, -0.15) is 10.2 Å². The van der Waals surface area contributed by atoms with E-state index in [-0.39, 0.29) is 6.03 Å². The van der Waals surface area contributed by atoms with Crippen molar-refractivity contribution in [3.05, 3.63) is 84.7 Å². The number of hydrogen-bond donors (Lipinski definition) is 3. The third kappa shape index (κ3) is 5.84. The standard InChI is InChI=1S/C30H31N7O2/c1-21-3-2-4-26(17-21)33-30(38)32-25-8-5-22(6-9-25)23-7-10-27-28(18-23)34-35-29(27)24-19-31-37(20-24)12-11-36-13-15-39-16-14-36/h2-10,17-20H,11-16H2,1H3,(H,34,35)(H2,32,33,38). The molecule has 5 aromatic rings. The van der Waals surface area contributed by atoms with Gasteiger partial charge in [-0.1, -0.05) is 30.3 Å². The van der Waals surface area contributed by atoms with E-state index in [1.165, 1.54) is 0 Å². The molecule has 3 aromatic carbocycles. The molecule has 198 valence electrons. The molecule has 9 heteroatoms. The summed E-state index contributed by atoms with van der Waals surface area (Å²) in [6.45, 7) is 7.35. The zero-order valence-electron chi connectivity index (χ0n) is 21.9. The summed E-state index contributed by atoms with van der Waals surface area (Å²) in [7, 11) is 0. The Bertz CT molecular complexity index is 1580. The van der Waals surface area contributed by atoms with Crippen molar-refractivity contribution in [2.75, 3.05) is 43.5 Å². The molecule has 0 saturated carbocycles. The Labute approximate surface area is 226 Å². The maximum atomic E-state index is 12.4. The monoisotopic (exact) mass is 521 g/mol. The number of urea groups is 1. The highest BCUT2D eigenvalue weighted by molar-refractivity contribution is 6.00. The number of nitrogens with zero attached hydrogens (tertiary/aromatic N) is 4. The Morgan fingerprint density at radius 2 is 1.72 bits per heavy atom. The average Bonchev–Trinajstić information content (AvgIpc) is 3.59. The number of anilines is 2. The van der Waals surface area contributed by atoms with Crippen LogP contribution in [0.4, 0.5) is 16.2 Å². The van der Waals surface area contributed by atoms with E-state index in [0.717, 1.165) is 89.6 Å². The van der Waals surface area contributed by atoms with Gasteiger partial charge in [0.15, 0.2) is 0 Å². The highest BCUT2D eigenvalue weighted by atomic mass is 16.5.